The molecular formula is C11H18N2. The van der Waals surface area contributed by atoms with Gasteiger partial charge in [0.05, 0.1) is 0 Å². The summed E-state index contributed by atoms with van der Waals surface area (Å²) in [6.45, 7) is 11.1. The largest absolute Gasteiger partial charge is 0.273 e. The van der Waals surface area contributed by atoms with E-state index in [4.69, 9.17) is 0 Å². The summed E-state index contributed by atoms with van der Waals surface area (Å²) in [4.78, 5) is 7.59. The van der Waals surface area contributed by atoms with Crippen LogP contribution in [0.4, 0.5) is 0 Å². The quantitative estimate of drug-likeness (QED) is 0.557. The molecule has 72 valence electrons. The minimum Gasteiger partial charge on any atom is -0.273 e. The number of rotatable bonds is 6. The van der Waals surface area contributed by atoms with Gasteiger partial charge in [0, 0.05) is 11.9 Å². The maximum Gasteiger partial charge on any atom is 0.0360 e. The molecule has 0 atom stereocenters. The van der Waals surface area contributed by atoms with E-state index in [9.17, 15) is 0 Å². The average Bonchev–Trinajstić information content (AvgIpc) is 2.16. The molecule has 0 saturated heterocycles. The fraction of sp³-hybridized carbons (Fsp3) is 0.455. The Morgan fingerprint density at radius 1 is 1.38 bits per heavy atom. The van der Waals surface area contributed by atoms with Gasteiger partial charge in [0.25, 0.3) is 0 Å². The van der Waals surface area contributed by atoms with Gasteiger partial charge in [-0.1, -0.05) is 19.4 Å². The van der Waals surface area contributed by atoms with E-state index in [0.717, 1.165) is 25.0 Å². The highest BCUT2D eigenvalue weighted by molar-refractivity contribution is 5.31. The van der Waals surface area contributed by atoms with Gasteiger partial charge < -0.3 is 0 Å². The molecule has 0 rings (SSSR count). The molecule has 0 radical (unpaired) electrons. The van der Waals surface area contributed by atoms with Gasteiger partial charge in [-0.05, 0) is 38.8 Å². The van der Waals surface area contributed by atoms with Crippen molar-refractivity contribution in [2.45, 2.75) is 33.1 Å². The standard InChI is InChI=1S/C11H18N2/c1-5-7-11(10(2)13-4)8-6-9-12-3/h6,9H,3-5,7-8H2,1-2H3/b9-6+,11-10-. The maximum absolute atomic E-state index is 3.94. The smallest absolute Gasteiger partial charge is 0.0360 e. The first kappa shape index (κ1) is 11.8. The van der Waals surface area contributed by atoms with E-state index in [1.54, 1.807) is 6.20 Å². The summed E-state index contributed by atoms with van der Waals surface area (Å²) in [5.74, 6) is 0. The lowest BCUT2D eigenvalue weighted by molar-refractivity contribution is 0.859. The van der Waals surface area contributed by atoms with Crippen LogP contribution in [0.2, 0.25) is 0 Å². The third-order valence-electron chi connectivity index (χ3n) is 1.88. The van der Waals surface area contributed by atoms with Crippen molar-refractivity contribution in [2.75, 3.05) is 0 Å². The molecule has 0 aliphatic carbocycles. The van der Waals surface area contributed by atoms with Crippen LogP contribution in [0.5, 0.6) is 0 Å². The van der Waals surface area contributed by atoms with Gasteiger partial charge >= 0.3 is 0 Å². The van der Waals surface area contributed by atoms with Crippen LogP contribution < -0.4 is 0 Å². The second kappa shape index (κ2) is 7.47. The van der Waals surface area contributed by atoms with Crippen LogP contribution in [0.15, 0.2) is 33.5 Å². The van der Waals surface area contributed by atoms with Crippen LogP contribution >= 0.6 is 0 Å². The van der Waals surface area contributed by atoms with Crippen molar-refractivity contribution in [3.8, 4) is 0 Å². The molecular weight excluding hydrogens is 160 g/mol. The van der Waals surface area contributed by atoms with Gasteiger partial charge in [-0.3, -0.25) is 9.98 Å². The van der Waals surface area contributed by atoms with Crippen molar-refractivity contribution in [1.29, 1.82) is 0 Å². The molecule has 0 amide bonds. The van der Waals surface area contributed by atoms with Crippen LogP contribution in [0.3, 0.4) is 0 Å². The molecule has 0 aliphatic heterocycles. The highest BCUT2D eigenvalue weighted by Crippen LogP contribution is 2.16. The van der Waals surface area contributed by atoms with Gasteiger partial charge in [0.15, 0.2) is 0 Å². The molecule has 13 heavy (non-hydrogen) atoms. The van der Waals surface area contributed by atoms with E-state index in [1.165, 1.54) is 5.57 Å². The van der Waals surface area contributed by atoms with Crippen molar-refractivity contribution >= 4 is 13.4 Å². The summed E-state index contributed by atoms with van der Waals surface area (Å²) in [7, 11) is 0. The average molecular weight is 178 g/mol. The topological polar surface area (TPSA) is 24.7 Å². The number of nitrogens with zero attached hydrogens (tertiary/aromatic N) is 2. The van der Waals surface area contributed by atoms with Crippen LogP contribution in [-0.2, 0) is 0 Å². The SMILES string of the molecule is C=N/C=C/C/C(CCC)=C(/C)N=C. The Morgan fingerprint density at radius 2 is 2.08 bits per heavy atom. The summed E-state index contributed by atoms with van der Waals surface area (Å²) >= 11 is 0. The first-order valence-electron chi connectivity index (χ1n) is 4.52. The highest BCUT2D eigenvalue weighted by Gasteiger charge is 1.97. The van der Waals surface area contributed by atoms with Gasteiger partial charge in [0.1, 0.15) is 0 Å². The van der Waals surface area contributed by atoms with Crippen molar-refractivity contribution in [3.63, 3.8) is 0 Å². The van der Waals surface area contributed by atoms with E-state index >= 15 is 0 Å². The van der Waals surface area contributed by atoms with Gasteiger partial charge in [-0.25, -0.2) is 0 Å². The summed E-state index contributed by atoms with van der Waals surface area (Å²) < 4.78 is 0. The summed E-state index contributed by atoms with van der Waals surface area (Å²) in [6.07, 6.45) is 6.82. The molecule has 0 N–H and O–H groups in total. The van der Waals surface area contributed by atoms with E-state index in [-0.39, 0.29) is 0 Å². The molecule has 0 aromatic heterocycles. The zero-order valence-corrected chi connectivity index (χ0v) is 8.58. The Morgan fingerprint density at radius 3 is 2.54 bits per heavy atom. The van der Waals surface area contributed by atoms with E-state index < -0.39 is 0 Å². The first-order valence-corrected chi connectivity index (χ1v) is 4.52. The fourth-order valence-electron chi connectivity index (χ4n) is 1.11. The van der Waals surface area contributed by atoms with Crippen molar-refractivity contribution < 1.29 is 0 Å². The molecule has 0 spiro atoms. The predicted octanol–water partition coefficient (Wildman–Crippen LogP) is 3.37. The normalized spacial score (nSPS) is 12.8. The molecule has 2 nitrogen and oxygen atoms in total. The van der Waals surface area contributed by atoms with Gasteiger partial charge in [-0.15, -0.1) is 0 Å². The highest BCUT2D eigenvalue weighted by atomic mass is 14.7. The maximum atomic E-state index is 3.94. The van der Waals surface area contributed by atoms with E-state index in [2.05, 4.69) is 30.3 Å². The lowest BCUT2D eigenvalue weighted by Crippen LogP contribution is -1.85. The molecule has 0 aromatic carbocycles. The summed E-state index contributed by atoms with van der Waals surface area (Å²) in [5, 5.41) is 0. The van der Waals surface area contributed by atoms with Gasteiger partial charge in [-0.2, -0.15) is 0 Å². The zero-order valence-electron chi connectivity index (χ0n) is 8.58. The van der Waals surface area contributed by atoms with Crippen molar-refractivity contribution in [3.05, 3.63) is 23.5 Å². The van der Waals surface area contributed by atoms with Crippen LogP contribution in [0.25, 0.3) is 0 Å². The zero-order chi connectivity index (χ0) is 10.1. The van der Waals surface area contributed by atoms with E-state index in [1.807, 2.05) is 13.0 Å². The molecule has 0 fully saturated rings. The summed E-state index contributed by atoms with van der Waals surface area (Å²) in [6, 6.07) is 0. The molecule has 0 heterocycles. The number of hydrogen-bond acceptors (Lipinski definition) is 2. The van der Waals surface area contributed by atoms with Gasteiger partial charge in [0.2, 0.25) is 0 Å². The number of aliphatic imine (C=N–C) groups is 2. The van der Waals surface area contributed by atoms with Crippen molar-refractivity contribution in [1.82, 2.24) is 0 Å². The second-order valence-electron chi connectivity index (χ2n) is 2.87. The number of allylic oxidation sites excluding steroid dienone is 3. The predicted molar refractivity (Wildman–Crippen MR) is 60.5 cm³/mol. The van der Waals surface area contributed by atoms with Crippen LogP contribution in [0, 0.1) is 0 Å². The Bertz CT molecular complexity index is 224. The summed E-state index contributed by atoms with van der Waals surface area (Å²) in [5.41, 5.74) is 2.37. The molecule has 0 saturated carbocycles. The Balaban J connectivity index is 4.33. The third kappa shape index (κ3) is 5.12. The minimum absolute atomic E-state index is 0.901. The lowest BCUT2D eigenvalue weighted by Gasteiger charge is -2.04. The molecule has 0 aliphatic rings. The number of hydrogen-bond donors (Lipinski definition) is 0. The third-order valence-corrected chi connectivity index (χ3v) is 1.88. The first-order chi connectivity index (χ1) is 6.26. The minimum atomic E-state index is 0.901. The molecule has 0 unspecified atom stereocenters. The molecule has 0 bridgehead atoms. The molecule has 2 heteroatoms. The van der Waals surface area contributed by atoms with Crippen molar-refractivity contribution in [2.24, 2.45) is 9.98 Å². The van der Waals surface area contributed by atoms with Crippen LogP contribution in [-0.4, -0.2) is 13.4 Å². The monoisotopic (exact) mass is 178 g/mol. The second-order valence-corrected chi connectivity index (χ2v) is 2.87. The van der Waals surface area contributed by atoms with E-state index in [0.29, 0.717) is 0 Å². The van der Waals surface area contributed by atoms with Crippen LogP contribution in [0.1, 0.15) is 33.1 Å². The Kier molecular flexibility index (Phi) is 6.79. The Labute approximate surface area is 80.8 Å². The lowest BCUT2D eigenvalue weighted by atomic mass is 10.1. The molecule has 0 aromatic rings. The Hall–Kier alpha value is -1.18. The fourth-order valence-corrected chi connectivity index (χ4v) is 1.11.